The van der Waals surface area contributed by atoms with Crippen molar-refractivity contribution in [2.45, 2.75) is 31.1 Å². The van der Waals surface area contributed by atoms with E-state index in [4.69, 9.17) is 9.84 Å². The van der Waals surface area contributed by atoms with E-state index in [-0.39, 0.29) is 18.8 Å². The second kappa shape index (κ2) is 3.09. The number of rotatable bonds is 1. The van der Waals surface area contributed by atoms with Crippen molar-refractivity contribution in [3.63, 3.8) is 0 Å². The van der Waals surface area contributed by atoms with Crippen molar-refractivity contribution >= 4 is 6.09 Å². The molecule has 1 aliphatic carbocycles. The number of fused-ring (bicyclic) bond motifs is 1. The molecule has 2 N–H and O–H groups in total. The molecule has 0 aromatic heterocycles. The van der Waals surface area contributed by atoms with Crippen LogP contribution in [0, 0.1) is 11.8 Å². The number of carbonyl (C=O) groups is 1. The first kappa shape index (κ1) is 9.42. The van der Waals surface area contributed by atoms with Crippen molar-refractivity contribution in [1.29, 1.82) is 0 Å². The Hall–Kier alpha value is -0.810. The highest BCUT2D eigenvalue weighted by Crippen LogP contribution is 2.46. The first-order chi connectivity index (χ1) is 7.18. The fraction of sp³-hybridized carbons (Fsp3) is 0.900. The fourth-order valence-electron chi connectivity index (χ4n) is 2.99. The number of ether oxygens (including phenoxy) is 1. The van der Waals surface area contributed by atoms with Crippen LogP contribution in [0.25, 0.3) is 0 Å². The van der Waals surface area contributed by atoms with E-state index in [1.54, 1.807) is 0 Å². The summed E-state index contributed by atoms with van der Waals surface area (Å²) in [6.07, 6.45) is 0.720. The summed E-state index contributed by atoms with van der Waals surface area (Å²) in [5.41, 5.74) is 0. The topological polar surface area (TPSA) is 70.0 Å². The van der Waals surface area contributed by atoms with Gasteiger partial charge in [-0.1, -0.05) is 0 Å². The predicted molar refractivity (Wildman–Crippen MR) is 50.5 cm³/mol. The molecular weight excluding hydrogens is 198 g/mol. The molecule has 15 heavy (non-hydrogen) atoms. The van der Waals surface area contributed by atoms with Crippen LogP contribution < -0.4 is 0 Å². The van der Waals surface area contributed by atoms with Gasteiger partial charge in [-0.3, -0.25) is 4.90 Å². The third-order valence-electron chi connectivity index (χ3n) is 3.85. The van der Waals surface area contributed by atoms with Gasteiger partial charge in [0.25, 0.3) is 0 Å². The molecule has 2 heterocycles. The second-order valence-corrected chi connectivity index (χ2v) is 4.79. The van der Waals surface area contributed by atoms with E-state index in [1.165, 1.54) is 17.7 Å². The van der Waals surface area contributed by atoms with Gasteiger partial charge in [0.05, 0.1) is 18.8 Å². The summed E-state index contributed by atoms with van der Waals surface area (Å²) in [6.45, 7) is 0.814. The minimum Gasteiger partial charge on any atom is -0.465 e. The SMILES string of the molecule is O=C(O)N1CC(C2CC2)C2OCC(O)C21. The van der Waals surface area contributed by atoms with Crippen LogP contribution in [0.5, 0.6) is 0 Å². The molecule has 3 rings (SSSR count). The highest BCUT2D eigenvalue weighted by molar-refractivity contribution is 5.66. The number of hydrogen-bond donors (Lipinski definition) is 2. The largest absolute Gasteiger partial charge is 0.465 e. The molecule has 3 aliphatic rings. The highest BCUT2D eigenvalue weighted by Gasteiger charge is 2.55. The Balaban J connectivity index is 1.84. The van der Waals surface area contributed by atoms with Gasteiger partial charge in [-0.15, -0.1) is 0 Å². The van der Waals surface area contributed by atoms with Crippen LogP contribution in [0.1, 0.15) is 12.8 Å². The van der Waals surface area contributed by atoms with E-state index in [2.05, 4.69) is 0 Å². The van der Waals surface area contributed by atoms with Crippen molar-refractivity contribution < 1.29 is 19.7 Å². The Bertz CT molecular complexity index is 291. The van der Waals surface area contributed by atoms with Crippen LogP contribution in [0.4, 0.5) is 4.79 Å². The number of likely N-dealkylation sites (tertiary alicyclic amines) is 1. The summed E-state index contributed by atoms with van der Waals surface area (Å²) in [6, 6.07) is -0.326. The summed E-state index contributed by atoms with van der Waals surface area (Å²) in [5, 5.41) is 18.8. The highest BCUT2D eigenvalue weighted by atomic mass is 16.5. The van der Waals surface area contributed by atoms with Crippen LogP contribution in [0.2, 0.25) is 0 Å². The summed E-state index contributed by atoms with van der Waals surface area (Å²) >= 11 is 0. The lowest BCUT2D eigenvalue weighted by Crippen LogP contribution is -2.43. The molecule has 0 aromatic carbocycles. The molecule has 0 aromatic rings. The third kappa shape index (κ3) is 1.33. The van der Waals surface area contributed by atoms with Crippen molar-refractivity contribution in [3.8, 4) is 0 Å². The lowest BCUT2D eigenvalue weighted by Gasteiger charge is -2.21. The number of nitrogens with zero attached hydrogens (tertiary/aromatic N) is 1. The molecule has 2 aliphatic heterocycles. The van der Waals surface area contributed by atoms with Gasteiger partial charge in [0.15, 0.2) is 0 Å². The van der Waals surface area contributed by atoms with Gasteiger partial charge in [-0.05, 0) is 18.8 Å². The van der Waals surface area contributed by atoms with Crippen LogP contribution in [0.15, 0.2) is 0 Å². The average Bonchev–Trinajstić information content (AvgIpc) is 2.84. The first-order valence-corrected chi connectivity index (χ1v) is 5.47. The summed E-state index contributed by atoms with van der Waals surface area (Å²) in [4.78, 5) is 12.4. The Labute approximate surface area is 87.6 Å². The standard InChI is InChI=1S/C10H15NO4/c12-7-4-15-9-6(5-1-2-5)3-11(8(7)9)10(13)14/h5-9,12H,1-4H2,(H,13,14). The molecule has 1 saturated carbocycles. The zero-order valence-corrected chi connectivity index (χ0v) is 8.37. The Kier molecular flexibility index (Phi) is 1.94. The van der Waals surface area contributed by atoms with E-state index in [1.807, 2.05) is 0 Å². The summed E-state index contributed by atoms with van der Waals surface area (Å²) in [5.74, 6) is 0.926. The summed E-state index contributed by atoms with van der Waals surface area (Å²) in [7, 11) is 0. The van der Waals surface area contributed by atoms with Crippen molar-refractivity contribution in [2.24, 2.45) is 11.8 Å². The minimum absolute atomic E-state index is 0.0661. The number of aliphatic hydroxyl groups is 1. The molecular formula is C10H15NO4. The molecule has 0 radical (unpaired) electrons. The van der Waals surface area contributed by atoms with Gasteiger partial charge in [0, 0.05) is 12.5 Å². The van der Waals surface area contributed by atoms with Crippen LogP contribution in [-0.2, 0) is 4.74 Å². The average molecular weight is 213 g/mol. The molecule has 5 heteroatoms. The van der Waals surface area contributed by atoms with Gasteiger partial charge in [-0.2, -0.15) is 0 Å². The normalized spacial score (nSPS) is 44.5. The monoisotopic (exact) mass is 213 g/mol. The van der Waals surface area contributed by atoms with E-state index in [0.717, 1.165) is 0 Å². The fourth-order valence-corrected chi connectivity index (χ4v) is 2.99. The third-order valence-corrected chi connectivity index (χ3v) is 3.85. The van der Waals surface area contributed by atoms with Gasteiger partial charge in [0.2, 0.25) is 0 Å². The van der Waals surface area contributed by atoms with Crippen molar-refractivity contribution in [2.75, 3.05) is 13.2 Å². The molecule has 84 valence electrons. The van der Waals surface area contributed by atoms with E-state index >= 15 is 0 Å². The zero-order chi connectivity index (χ0) is 10.6. The Morgan fingerprint density at radius 1 is 1.40 bits per heavy atom. The smallest absolute Gasteiger partial charge is 0.407 e. The minimum atomic E-state index is -0.933. The lowest BCUT2D eigenvalue weighted by molar-refractivity contribution is 0.0554. The van der Waals surface area contributed by atoms with Gasteiger partial charge in [0.1, 0.15) is 6.10 Å². The molecule has 4 atom stereocenters. The molecule has 4 unspecified atom stereocenters. The number of hydrogen-bond acceptors (Lipinski definition) is 3. The number of aliphatic hydroxyl groups excluding tert-OH is 1. The maximum absolute atomic E-state index is 11.0. The zero-order valence-electron chi connectivity index (χ0n) is 8.37. The predicted octanol–water partition coefficient (Wildman–Crippen LogP) is 0.135. The van der Waals surface area contributed by atoms with Gasteiger partial charge in [-0.25, -0.2) is 4.79 Å². The van der Waals surface area contributed by atoms with Crippen molar-refractivity contribution in [1.82, 2.24) is 4.90 Å². The Morgan fingerprint density at radius 3 is 2.73 bits per heavy atom. The lowest BCUT2D eigenvalue weighted by atomic mass is 9.96. The van der Waals surface area contributed by atoms with Gasteiger partial charge < -0.3 is 14.9 Å². The van der Waals surface area contributed by atoms with E-state index in [0.29, 0.717) is 18.4 Å². The van der Waals surface area contributed by atoms with Crippen molar-refractivity contribution in [3.05, 3.63) is 0 Å². The first-order valence-electron chi connectivity index (χ1n) is 5.47. The quantitative estimate of drug-likeness (QED) is 0.649. The van der Waals surface area contributed by atoms with Crippen LogP contribution >= 0.6 is 0 Å². The van der Waals surface area contributed by atoms with E-state index < -0.39 is 12.2 Å². The maximum Gasteiger partial charge on any atom is 0.407 e. The van der Waals surface area contributed by atoms with Gasteiger partial charge >= 0.3 is 6.09 Å². The summed E-state index contributed by atoms with van der Waals surface area (Å²) < 4.78 is 5.53. The molecule has 0 bridgehead atoms. The molecule has 0 spiro atoms. The van der Waals surface area contributed by atoms with Crippen LogP contribution in [0.3, 0.4) is 0 Å². The van der Waals surface area contributed by atoms with E-state index in [9.17, 15) is 9.90 Å². The number of amides is 1. The Morgan fingerprint density at radius 2 is 2.13 bits per heavy atom. The second-order valence-electron chi connectivity index (χ2n) is 4.79. The molecule has 3 fully saturated rings. The van der Waals surface area contributed by atoms with Crippen LogP contribution in [-0.4, -0.2) is 52.6 Å². The molecule has 2 saturated heterocycles. The number of carboxylic acid groups (broad SMARTS) is 1. The maximum atomic E-state index is 11.0. The molecule has 5 nitrogen and oxygen atoms in total. The molecule has 1 amide bonds.